The molecular formula is C18H36N2O5. The zero-order chi connectivity index (χ0) is 19.6. The Labute approximate surface area is 152 Å². The highest BCUT2D eigenvalue weighted by Gasteiger charge is 2.22. The van der Waals surface area contributed by atoms with Gasteiger partial charge in [0.2, 0.25) is 0 Å². The quantitative estimate of drug-likeness (QED) is 0.558. The number of hydrogen-bond donors (Lipinski definition) is 0. The Kier molecular flexibility index (Phi) is 11.2. The molecule has 0 unspecified atom stereocenters. The maximum Gasteiger partial charge on any atom is 0.410 e. The van der Waals surface area contributed by atoms with Gasteiger partial charge in [0.1, 0.15) is 13.2 Å². The molecule has 0 atom stereocenters. The van der Waals surface area contributed by atoms with Crippen LogP contribution in [0.3, 0.4) is 0 Å². The standard InChI is InChI=1S/C18H36N2O5/c1-13(2)19(14(3)4)17(21)24-11-9-23-10-12-25-18(22)20(15(5)6)16(7)8/h13-16H,9-12H2,1-8H3. The second-order valence-electron chi connectivity index (χ2n) is 7.03. The highest BCUT2D eigenvalue weighted by molar-refractivity contribution is 5.68. The number of carbonyl (C=O) groups is 2. The Morgan fingerprint density at radius 3 is 1.12 bits per heavy atom. The summed E-state index contributed by atoms with van der Waals surface area (Å²) in [5.74, 6) is 0. The van der Waals surface area contributed by atoms with Gasteiger partial charge < -0.3 is 24.0 Å². The first-order chi connectivity index (χ1) is 11.6. The van der Waals surface area contributed by atoms with Crippen LogP contribution in [0.1, 0.15) is 55.4 Å². The minimum absolute atomic E-state index is 0.0812. The van der Waals surface area contributed by atoms with E-state index in [1.54, 1.807) is 9.80 Å². The van der Waals surface area contributed by atoms with Crippen molar-refractivity contribution in [3.05, 3.63) is 0 Å². The summed E-state index contributed by atoms with van der Waals surface area (Å²) in [4.78, 5) is 27.3. The molecule has 0 saturated carbocycles. The van der Waals surface area contributed by atoms with Gasteiger partial charge in [-0.25, -0.2) is 9.59 Å². The lowest BCUT2D eigenvalue weighted by molar-refractivity contribution is 0.0206. The summed E-state index contributed by atoms with van der Waals surface area (Å²) in [6, 6.07) is 0.325. The molecule has 0 aliphatic heterocycles. The van der Waals surface area contributed by atoms with Crippen LogP contribution < -0.4 is 0 Å². The van der Waals surface area contributed by atoms with E-state index in [1.807, 2.05) is 55.4 Å². The van der Waals surface area contributed by atoms with Crippen molar-refractivity contribution in [3.8, 4) is 0 Å². The summed E-state index contributed by atoms with van der Waals surface area (Å²) in [6.07, 6.45) is -0.686. The fourth-order valence-electron chi connectivity index (χ4n) is 2.66. The third kappa shape index (κ3) is 8.95. The third-order valence-electron chi connectivity index (χ3n) is 3.55. The van der Waals surface area contributed by atoms with E-state index in [2.05, 4.69) is 0 Å². The molecule has 0 radical (unpaired) electrons. The SMILES string of the molecule is CC(C)N(C(=O)OCCOCCOC(=O)N(C(C)C)C(C)C)C(C)C. The predicted octanol–water partition coefficient (Wildman–Crippen LogP) is 3.51. The van der Waals surface area contributed by atoms with Gasteiger partial charge in [0.15, 0.2) is 0 Å². The Hall–Kier alpha value is -1.50. The lowest BCUT2D eigenvalue weighted by Gasteiger charge is -2.29. The van der Waals surface area contributed by atoms with E-state index in [4.69, 9.17) is 14.2 Å². The minimum Gasteiger partial charge on any atom is -0.447 e. The molecule has 7 heteroatoms. The van der Waals surface area contributed by atoms with Crippen LogP contribution in [0, 0.1) is 0 Å². The minimum atomic E-state index is -0.343. The molecule has 0 bridgehead atoms. The van der Waals surface area contributed by atoms with Gasteiger partial charge in [-0.15, -0.1) is 0 Å². The zero-order valence-electron chi connectivity index (χ0n) is 17.1. The number of hydrogen-bond acceptors (Lipinski definition) is 5. The van der Waals surface area contributed by atoms with Crippen molar-refractivity contribution < 1.29 is 23.8 Å². The van der Waals surface area contributed by atoms with E-state index in [0.717, 1.165) is 0 Å². The average Bonchev–Trinajstić information content (AvgIpc) is 2.44. The number of rotatable bonds is 10. The Morgan fingerprint density at radius 1 is 0.600 bits per heavy atom. The second-order valence-corrected chi connectivity index (χ2v) is 7.03. The van der Waals surface area contributed by atoms with E-state index >= 15 is 0 Å². The summed E-state index contributed by atoms with van der Waals surface area (Å²) in [5.41, 5.74) is 0. The largest absolute Gasteiger partial charge is 0.447 e. The molecule has 25 heavy (non-hydrogen) atoms. The van der Waals surface area contributed by atoms with E-state index in [-0.39, 0.29) is 62.8 Å². The highest BCUT2D eigenvalue weighted by atomic mass is 16.6. The molecule has 0 saturated heterocycles. The Bertz CT molecular complexity index is 345. The molecule has 0 spiro atoms. The summed E-state index contributed by atoms with van der Waals surface area (Å²) in [6.45, 7) is 16.5. The molecular weight excluding hydrogens is 324 g/mol. The molecule has 148 valence electrons. The first kappa shape index (κ1) is 23.5. The monoisotopic (exact) mass is 360 g/mol. The van der Waals surface area contributed by atoms with Crippen molar-refractivity contribution in [2.24, 2.45) is 0 Å². The Balaban J connectivity index is 3.94. The molecule has 0 aromatic carbocycles. The van der Waals surface area contributed by atoms with Gasteiger partial charge >= 0.3 is 12.2 Å². The first-order valence-corrected chi connectivity index (χ1v) is 9.07. The van der Waals surface area contributed by atoms with Crippen LogP contribution in [0.25, 0.3) is 0 Å². The summed E-state index contributed by atoms with van der Waals surface area (Å²) < 4.78 is 15.7. The van der Waals surface area contributed by atoms with Crippen LogP contribution in [0.4, 0.5) is 9.59 Å². The molecule has 0 aliphatic carbocycles. The second kappa shape index (κ2) is 12.0. The fraction of sp³-hybridized carbons (Fsp3) is 0.889. The van der Waals surface area contributed by atoms with Crippen molar-refractivity contribution in [1.82, 2.24) is 9.80 Å². The van der Waals surface area contributed by atoms with Gasteiger partial charge in [-0.1, -0.05) is 0 Å². The van der Waals surface area contributed by atoms with Crippen LogP contribution in [0.2, 0.25) is 0 Å². The lowest BCUT2D eigenvalue weighted by Crippen LogP contribution is -2.43. The van der Waals surface area contributed by atoms with Gasteiger partial charge in [0.05, 0.1) is 13.2 Å². The molecule has 0 aliphatic rings. The van der Waals surface area contributed by atoms with Gasteiger partial charge in [-0.05, 0) is 55.4 Å². The number of carbonyl (C=O) groups excluding carboxylic acids is 2. The predicted molar refractivity (Wildman–Crippen MR) is 97.7 cm³/mol. The van der Waals surface area contributed by atoms with Crippen molar-refractivity contribution in [1.29, 1.82) is 0 Å². The lowest BCUT2D eigenvalue weighted by atomic mass is 10.2. The van der Waals surface area contributed by atoms with E-state index in [1.165, 1.54) is 0 Å². The molecule has 0 heterocycles. The molecule has 2 amide bonds. The van der Waals surface area contributed by atoms with Crippen molar-refractivity contribution >= 4 is 12.2 Å². The van der Waals surface area contributed by atoms with Crippen LogP contribution in [0.15, 0.2) is 0 Å². The van der Waals surface area contributed by atoms with E-state index in [9.17, 15) is 9.59 Å². The number of ether oxygens (including phenoxy) is 3. The smallest absolute Gasteiger partial charge is 0.410 e. The summed E-state index contributed by atoms with van der Waals surface area (Å²) >= 11 is 0. The highest BCUT2D eigenvalue weighted by Crippen LogP contribution is 2.08. The van der Waals surface area contributed by atoms with Crippen molar-refractivity contribution in [3.63, 3.8) is 0 Å². The zero-order valence-corrected chi connectivity index (χ0v) is 17.1. The van der Waals surface area contributed by atoms with Gasteiger partial charge in [-0.3, -0.25) is 0 Å². The van der Waals surface area contributed by atoms with Crippen LogP contribution in [0.5, 0.6) is 0 Å². The maximum absolute atomic E-state index is 12.0. The van der Waals surface area contributed by atoms with E-state index in [0.29, 0.717) is 0 Å². The molecule has 0 rings (SSSR count). The first-order valence-electron chi connectivity index (χ1n) is 9.07. The maximum atomic E-state index is 12.0. The molecule has 0 aromatic rings. The van der Waals surface area contributed by atoms with Gasteiger partial charge in [0, 0.05) is 24.2 Å². The molecule has 0 fully saturated rings. The average molecular weight is 360 g/mol. The Morgan fingerprint density at radius 2 is 0.880 bits per heavy atom. The molecule has 0 aromatic heterocycles. The molecule has 0 N–H and O–H groups in total. The molecule has 7 nitrogen and oxygen atoms in total. The van der Waals surface area contributed by atoms with E-state index < -0.39 is 0 Å². The topological polar surface area (TPSA) is 68.3 Å². The van der Waals surface area contributed by atoms with Crippen LogP contribution >= 0.6 is 0 Å². The summed E-state index contributed by atoms with van der Waals surface area (Å²) in [7, 11) is 0. The van der Waals surface area contributed by atoms with Crippen LogP contribution in [-0.4, -0.2) is 72.6 Å². The fourth-order valence-corrected chi connectivity index (χ4v) is 2.66. The van der Waals surface area contributed by atoms with Crippen LogP contribution in [-0.2, 0) is 14.2 Å². The van der Waals surface area contributed by atoms with Crippen molar-refractivity contribution in [2.45, 2.75) is 79.6 Å². The number of nitrogens with zero attached hydrogens (tertiary/aromatic N) is 2. The normalized spacial score (nSPS) is 11.4. The number of amides is 2. The summed E-state index contributed by atoms with van der Waals surface area (Å²) in [5, 5.41) is 0. The van der Waals surface area contributed by atoms with Gasteiger partial charge in [-0.2, -0.15) is 0 Å². The van der Waals surface area contributed by atoms with Crippen molar-refractivity contribution in [2.75, 3.05) is 26.4 Å². The third-order valence-corrected chi connectivity index (χ3v) is 3.55. The van der Waals surface area contributed by atoms with Gasteiger partial charge in [0.25, 0.3) is 0 Å².